The lowest BCUT2D eigenvalue weighted by Gasteiger charge is -2.17. The minimum Gasteiger partial charge on any atom is -0.507 e. The summed E-state index contributed by atoms with van der Waals surface area (Å²) in [6, 6.07) is 10.2. The zero-order valence-corrected chi connectivity index (χ0v) is 17.5. The van der Waals surface area contributed by atoms with Crippen molar-refractivity contribution in [3.05, 3.63) is 53.3 Å². The van der Waals surface area contributed by atoms with Crippen LogP contribution in [0, 0.1) is 16.7 Å². The Labute approximate surface area is 183 Å². The average molecular weight is 444 g/mol. The van der Waals surface area contributed by atoms with Crippen molar-refractivity contribution in [1.82, 2.24) is 9.55 Å². The van der Waals surface area contributed by atoms with E-state index in [2.05, 4.69) is 11.1 Å². The summed E-state index contributed by atoms with van der Waals surface area (Å²) in [5.41, 5.74) is 0.788. The molecule has 0 atom stereocenters. The molecule has 0 saturated carbocycles. The van der Waals surface area contributed by atoms with E-state index in [0.29, 0.717) is 44.6 Å². The van der Waals surface area contributed by atoms with Gasteiger partial charge in [-0.05, 0) is 42.7 Å². The normalized spacial score (nSPS) is 11.5. The van der Waals surface area contributed by atoms with Crippen LogP contribution in [0.15, 0.2) is 36.7 Å². The highest BCUT2D eigenvalue weighted by Crippen LogP contribution is 2.36. The van der Waals surface area contributed by atoms with Crippen LogP contribution < -0.4 is 4.74 Å². The Morgan fingerprint density at radius 3 is 2.75 bits per heavy atom. The number of rotatable bonds is 9. The largest absolute Gasteiger partial charge is 0.507 e. The number of ether oxygens (including phenoxy) is 1. The first-order valence-corrected chi connectivity index (χ1v) is 10.2. The van der Waals surface area contributed by atoms with Gasteiger partial charge in [0.25, 0.3) is 0 Å². The molecule has 0 aliphatic carbocycles. The second kappa shape index (κ2) is 9.73. The van der Waals surface area contributed by atoms with Crippen molar-refractivity contribution in [1.29, 1.82) is 10.7 Å². The van der Waals surface area contributed by atoms with Gasteiger partial charge in [-0.1, -0.05) is 19.4 Å². The molecule has 0 bridgehead atoms. The van der Waals surface area contributed by atoms with Crippen LogP contribution in [0.5, 0.6) is 11.5 Å². The van der Waals surface area contributed by atoms with Gasteiger partial charge < -0.3 is 14.4 Å². The predicted molar refractivity (Wildman–Crippen MR) is 114 cm³/mol. The third kappa shape index (κ3) is 5.02. The van der Waals surface area contributed by atoms with Gasteiger partial charge >= 0.3 is 6.18 Å². The number of phenols is 1. The quantitative estimate of drug-likeness (QED) is 0.352. The van der Waals surface area contributed by atoms with Gasteiger partial charge in [-0.3, -0.25) is 5.41 Å². The summed E-state index contributed by atoms with van der Waals surface area (Å²) in [4.78, 5) is 4.36. The molecule has 32 heavy (non-hydrogen) atoms. The molecule has 0 unspecified atom stereocenters. The van der Waals surface area contributed by atoms with E-state index in [-0.39, 0.29) is 5.56 Å². The molecule has 0 saturated heterocycles. The van der Waals surface area contributed by atoms with E-state index >= 15 is 0 Å². The van der Waals surface area contributed by atoms with Gasteiger partial charge in [0.1, 0.15) is 17.2 Å². The van der Waals surface area contributed by atoms with Crippen LogP contribution in [-0.2, 0) is 19.4 Å². The van der Waals surface area contributed by atoms with Crippen LogP contribution >= 0.6 is 0 Å². The monoisotopic (exact) mass is 444 g/mol. The molecule has 2 aromatic carbocycles. The number of hydrogen-bond donors (Lipinski definition) is 2. The van der Waals surface area contributed by atoms with Crippen LogP contribution in [0.3, 0.4) is 0 Å². The van der Waals surface area contributed by atoms with Crippen LogP contribution in [0.4, 0.5) is 13.2 Å². The van der Waals surface area contributed by atoms with Gasteiger partial charge in [0, 0.05) is 17.7 Å². The lowest BCUT2D eigenvalue weighted by molar-refractivity contribution is -0.0588. The van der Waals surface area contributed by atoms with Crippen molar-refractivity contribution in [2.24, 2.45) is 0 Å². The Hall–Kier alpha value is -3.54. The minimum atomic E-state index is -4.84. The molecule has 3 aromatic rings. The summed E-state index contributed by atoms with van der Waals surface area (Å²) in [5, 5.41) is 26.5. The third-order valence-corrected chi connectivity index (χ3v) is 5.06. The van der Waals surface area contributed by atoms with Gasteiger partial charge in [-0.15, -0.1) is 0 Å². The van der Waals surface area contributed by atoms with Crippen LogP contribution in [0.1, 0.15) is 36.5 Å². The second-order valence-corrected chi connectivity index (χ2v) is 7.36. The Balaban J connectivity index is 1.68. The van der Waals surface area contributed by atoms with E-state index in [4.69, 9.17) is 15.4 Å². The molecule has 3 rings (SSSR count). The minimum absolute atomic E-state index is 0.275. The molecule has 2 N–H and O–H groups in total. The summed E-state index contributed by atoms with van der Waals surface area (Å²) in [5.74, 6) is -0.236. The highest BCUT2D eigenvalue weighted by molar-refractivity contribution is 6.04. The number of aromatic nitrogens is 2. The number of nitrogens with zero attached hydrogens (tertiary/aromatic N) is 3. The Morgan fingerprint density at radius 2 is 2.06 bits per heavy atom. The number of fused-ring (bicyclic) bond motifs is 1. The molecular formula is C23H23F3N4O2. The lowest BCUT2D eigenvalue weighted by atomic mass is 10.00. The number of aryl methyl sites for hydroxylation is 1. The maximum Gasteiger partial charge on any atom is 0.433 e. The van der Waals surface area contributed by atoms with Crippen molar-refractivity contribution >= 4 is 16.7 Å². The van der Waals surface area contributed by atoms with Crippen molar-refractivity contribution in [2.45, 2.75) is 45.3 Å². The number of phenolic OH excluding ortho intramolecular Hbond substituents is 1. The third-order valence-electron chi connectivity index (χ3n) is 5.06. The van der Waals surface area contributed by atoms with Gasteiger partial charge in [-0.25, -0.2) is 4.98 Å². The molecule has 1 aromatic heterocycles. The van der Waals surface area contributed by atoms with Gasteiger partial charge in [0.05, 0.1) is 36.5 Å². The van der Waals surface area contributed by atoms with Gasteiger partial charge in [-0.2, -0.15) is 18.4 Å². The standard InChI is InChI=1S/C23H23F3N4O2/c1-2-4-16-20(8-6-17(21(16)31)22(28)23(24,25)26)32-12-3-11-30-14-29-18-13-15(9-10-27)5-7-19(18)30/h5-8,13-14,28,31H,2-4,9,11-12H2,1H3. The highest BCUT2D eigenvalue weighted by Gasteiger charge is 2.37. The van der Waals surface area contributed by atoms with Gasteiger partial charge in [0.15, 0.2) is 0 Å². The summed E-state index contributed by atoms with van der Waals surface area (Å²) in [7, 11) is 0. The Morgan fingerprint density at radius 1 is 1.28 bits per heavy atom. The van der Waals surface area contributed by atoms with Crippen molar-refractivity contribution in [2.75, 3.05) is 6.61 Å². The molecule has 168 valence electrons. The molecule has 0 spiro atoms. The van der Waals surface area contributed by atoms with Crippen molar-refractivity contribution in [3.8, 4) is 17.6 Å². The van der Waals surface area contributed by atoms with Crippen LogP contribution in [0.25, 0.3) is 11.0 Å². The average Bonchev–Trinajstić information content (AvgIpc) is 3.15. The first-order valence-electron chi connectivity index (χ1n) is 10.2. The molecule has 0 amide bonds. The molecule has 6 nitrogen and oxygen atoms in total. The van der Waals surface area contributed by atoms with Crippen LogP contribution in [0.2, 0.25) is 0 Å². The first-order chi connectivity index (χ1) is 15.3. The van der Waals surface area contributed by atoms with E-state index in [1.807, 2.05) is 29.7 Å². The number of nitriles is 1. The zero-order chi connectivity index (χ0) is 23.3. The molecule has 9 heteroatoms. The fraction of sp³-hybridized carbons (Fsp3) is 0.348. The zero-order valence-electron chi connectivity index (χ0n) is 17.5. The molecule has 0 fully saturated rings. The molecular weight excluding hydrogens is 421 g/mol. The first kappa shape index (κ1) is 23.1. The summed E-state index contributed by atoms with van der Waals surface area (Å²) in [6.45, 7) is 2.75. The number of benzene rings is 2. The summed E-state index contributed by atoms with van der Waals surface area (Å²) < 4.78 is 46.4. The van der Waals surface area contributed by atoms with Crippen molar-refractivity contribution < 1.29 is 23.0 Å². The number of alkyl halides is 3. The number of halogens is 3. The number of nitrogens with one attached hydrogen (secondary N) is 1. The van der Waals surface area contributed by atoms with E-state index < -0.39 is 23.2 Å². The maximum absolute atomic E-state index is 12.9. The lowest BCUT2D eigenvalue weighted by Crippen LogP contribution is -2.23. The molecule has 0 aliphatic rings. The topological polar surface area (TPSA) is 94.9 Å². The maximum atomic E-state index is 12.9. The SMILES string of the molecule is CCCc1c(OCCCn2cnc3cc(CC#N)ccc32)ccc(C(=N)C(F)(F)F)c1O. The summed E-state index contributed by atoms with van der Waals surface area (Å²) >= 11 is 0. The number of imidazole rings is 1. The van der Waals surface area contributed by atoms with Gasteiger partial charge in [0.2, 0.25) is 0 Å². The predicted octanol–water partition coefficient (Wildman–Crippen LogP) is 5.16. The summed E-state index contributed by atoms with van der Waals surface area (Å²) in [6.07, 6.45) is -1.26. The van der Waals surface area contributed by atoms with Crippen molar-refractivity contribution in [3.63, 3.8) is 0 Å². The number of aromatic hydroxyl groups is 1. The van der Waals surface area contributed by atoms with E-state index in [1.54, 1.807) is 6.33 Å². The van der Waals surface area contributed by atoms with Crippen LogP contribution in [-0.4, -0.2) is 33.2 Å². The molecule has 0 aliphatic heterocycles. The van der Waals surface area contributed by atoms with E-state index in [1.165, 1.54) is 6.07 Å². The smallest absolute Gasteiger partial charge is 0.433 e. The molecule has 1 heterocycles. The highest BCUT2D eigenvalue weighted by atomic mass is 19.4. The Kier molecular flexibility index (Phi) is 7.03. The van der Waals surface area contributed by atoms with E-state index in [9.17, 15) is 18.3 Å². The number of hydrogen-bond acceptors (Lipinski definition) is 5. The Bertz CT molecular complexity index is 1160. The molecule has 0 radical (unpaired) electrons. The fourth-order valence-electron chi connectivity index (χ4n) is 3.50. The second-order valence-electron chi connectivity index (χ2n) is 7.36. The fourth-order valence-corrected chi connectivity index (χ4v) is 3.50. The van der Waals surface area contributed by atoms with E-state index in [0.717, 1.165) is 22.7 Å².